The molecule has 1 saturated heterocycles. The van der Waals surface area contributed by atoms with Gasteiger partial charge in [0, 0.05) is 44.9 Å². The zero-order valence-electron chi connectivity index (χ0n) is 14.4. The molecule has 8 heteroatoms. The van der Waals surface area contributed by atoms with E-state index in [9.17, 15) is 4.79 Å². The molecular formula is C17H23N7O. The largest absolute Gasteiger partial charge is 0.349 e. The number of anilines is 1. The van der Waals surface area contributed by atoms with Gasteiger partial charge in [-0.2, -0.15) is 0 Å². The van der Waals surface area contributed by atoms with Gasteiger partial charge in [0.15, 0.2) is 0 Å². The molecule has 3 rings (SSSR count). The van der Waals surface area contributed by atoms with E-state index >= 15 is 0 Å². The maximum Gasteiger partial charge on any atom is 0.256 e. The molecule has 1 amide bonds. The highest BCUT2D eigenvalue weighted by Gasteiger charge is 2.16. The summed E-state index contributed by atoms with van der Waals surface area (Å²) in [5.74, 6) is 0.404. The molecule has 0 aromatic carbocycles. The Morgan fingerprint density at radius 3 is 2.60 bits per heavy atom. The van der Waals surface area contributed by atoms with E-state index in [0.29, 0.717) is 24.6 Å². The Labute approximate surface area is 147 Å². The molecule has 0 aliphatic carbocycles. The molecule has 0 bridgehead atoms. The van der Waals surface area contributed by atoms with Crippen molar-refractivity contribution in [3.05, 3.63) is 42.2 Å². The zero-order valence-corrected chi connectivity index (χ0v) is 14.4. The van der Waals surface area contributed by atoms with Crippen molar-refractivity contribution in [3.63, 3.8) is 0 Å². The van der Waals surface area contributed by atoms with Gasteiger partial charge in [0.25, 0.3) is 5.91 Å². The number of carbonyl (C=O) groups is 1. The molecule has 0 unspecified atom stereocenters. The molecule has 2 aromatic rings. The molecule has 2 aromatic heterocycles. The summed E-state index contributed by atoms with van der Waals surface area (Å²) in [6.45, 7) is 4.39. The van der Waals surface area contributed by atoms with Gasteiger partial charge in [-0.25, -0.2) is 9.97 Å². The van der Waals surface area contributed by atoms with Gasteiger partial charge in [0.05, 0.1) is 24.0 Å². The molecule has 3 heterocycles. The first-order valence-electron chi connectivity index (χ1n) is 8.51. The second-order valence-electron chi connectivity index (χ2n) is 6.12. The number of nitrogens with zero attached hydrogens (tertiary/aromatic N) is 6. The van der Waals surface area contributed by atoms with Crippen molar-refractivity contribution in [3.8, 4) is 0 Å². The van der Waals surface area contributed by atoms with E-state index in [4.69, 9.17) is 0 Å². The van der Waals surface area contributed by atoms with Crippen molar-refractivity contribution in [1.82, 2.24) is 29.7 Å². The molecular weight excluding hydrogens is 318 g/mol. The summed E-state index contributed by atoms with van der Waals surface area (Å²) in [7, 11) is 1.82. The average molecular weight is 341 g/mol. The number of nitrogens with one attached hydrogen (secondary N) is 1. The Morgan fingerprint density at radius 2 is 1.92 bits per heavy atom. The van der Waals surface area contributed by atoms with Crippen LogP contribution in [0, 0.1) is 0 Å². The minimum absolute atomic E-state index is 0.0559. The lowest BCUT2D eigenvalue weighted by atomic mass is 10.3. The zero-order chi connectivity index (χ0) is 17.5. The molecule has 8 nitrogen and oxygen atoms in total. The van der Waals surface area contributed by atoms with Crippen LogP contribution in [0.1, 0.15) is 28.9 Å². The lowest BCUT2D eigenvalue weighted by molar-refractivity contribution is 0.0781. The first kappa shape index (κ1) is 17.2. The van der Waals surface area contributed by atoms with Crippen molar-refractivity contribution >= 4 is 11.9 Å². The van der Waals surface area contributed by atoms with Crippen LogP contribution in [0.3, 0.4) is 0 Å². The quantitative estimate of drug-likeness (QED) is 0.805. The van der Waals surface area contributed by atoms with Crippen LogP contribution in [0.5, 0.6) is 0 Å². The summed E-state index contributed by atoms with van der Waals surface area (Å²) in [5, 5.41) is 3.06. The van der Waals surface area contributed by atoms with E-state index in [1.54, 1.807) is 35.9 Å². The lowest BCUT2D eigenvalue weighted by Gasteiger charge is -2.21. The number of amides is 1. The molecule has 1 aliphatic rings. The maximum atomic E-state index is 12.4. The maximum absolute atomic E-state index is 12.4. The fraction of sp³-hybridized carbons (Fsp3) is 0.471. The van der Waals surface area contributed by atoms with Crippen LogP contribution < -0.4 is 5.32 Å². The highest BCUT2D eigenvalue weighted by Crippen LogP contribution is 2.08. The Morgan fingerprint density at radius 1 is 1.16 bits per heavy atom. The summed E-state index contributed by atoms with van der Waals surface area (Å²) < 4.78 is 0. The number of likely N-dealkylation sites (tertiary alicyclic amines) is 1. The molecule has 1 aliphatic heterocycles. The van der Waals surface area contributed by atoms with Crippen LogP contribution in [-0.4, -0.2) is 68.9 Å². The Bertz CT molecular complexity index is 671. The Balaban J connectivity index is 1.49. The van der Waals surface area contributed by atoms with E-state index in [1.165, 1.54) is 12.8 Å². The third kappa shape index (κ3) is 4.93. The van der Waals surface area contributed by atoms with Crippen LogP contribution in [0.2, 0.25) is 0 Å². The van der Waals surface area contributed by atoms with Crippen molar-refractivity contribution < 1.29 is 4.79 Å². The molecule has 0 radical (unpaired) electrons. The summed E-state index contributed by atoms with van der Waals surface area (Å²) in [6, 6.07) is 0. The van der Waals surface area contributed by atoms with E-state index < -0.39 is 0 Å². The third-order valence-electron chi connectivity index (χ3n) is 4.24. The van der Waals surface area contributed by atoms with Crippen LogP contribution in [0.4, 0.5) is 5.95 Å². The predicted octanol–water partition coefficient (Wildman–Crippen LogP) is 1.05. The smallest absolute Gasteiger partial charge is 0.256 e. The molecule has 25 heavy (non-hydrogen) atoms. The second kappa shape index (κ2) is 8.48. The van der Waals surface area contributed by atoms with E-state index in [-0.39, 0.29) is 5.91 Å². The summed E-state index contributed by atoms with van der Waals surface area (Å²) >= 11 is 0. The minimum atomic E-state index is -0.0559. The number of hydrogen-bond acceptors (Lipinski definition) is 7. The number of hydrogen-bond donors (Lipinski definition) is 1. The van der Waals surface area contributed by atoms with Crippen LogP contribution in [0.15, 0.2) is 31.0 Å². The van der Waals surface area contributed by atoms with Crippen molar-refractivity contribution in [2.75, 3.05) is 38.5 Å². The van der Waals surface area contributed by atoms with Gasteiger partial charge in [-0.05, 0) is 25.9 Å². The minimum Gasteiger partial charge on any atom is -0.349 e. The number of carbonyl (C=O) groups excluding carboxylic acids is 1. The first-order valence-corrected chi connectivity index (χ1v) is 8.51. The molecule has 1 fully saturated rings. The Hall–Kier alpha value is -2.61. The molecule has 0 spiro atoms. The van der Waals surface area contributed by atoms with E-state index in [1.807, 2.05) is 7.05 Å². The monoisotopic (exact) mass is 341 g/mol. The summed E-state index contributed by atoms with van der Waals surface area (Å²) in [5.41, 5.74) is 1.29. The topological polar surface area (TPSA) is 87.1 Å². The molecule has 0 saturated carbocycles. The second-order valence-corrected chi connectivity index (χ2v) is 6.12. The van der Waals surface area contributed by atoms with E-state index in [2.05, 4.69) is 30.2 Å². The number of likely N-dealkylation sites (N-methyl/N-ethyl adjacent to an activating group) is 1. The van der Waals surface area contributed by atoms with Gasteiger partial charge in [-0.1, -0.05) is 0 Å². The molecule has 132 valence electrons. The normalized spacial score (nSPS) is 14.4. The summed E-state index contributed by atoms with van der Waals surface area (Å²) in [6.07, 6.45) is 10.6. The predicted molar refractivity (Wildman–Crippen MR) is 94.0 cm³/mol. The highest BCUT2D eigenvalue weighted by atomic mass is 16.2. The third-order valence-corrected chi connectivity index (χ3v) is 4.24. The van der Waals surface area contributed by atoms with Gasteiger partial charge in [0.2, 0.25) is 5.95 Å². The van der Waals surface area contributed by atoms with Gasteiger partial charge < -0.3 is 15.1 Å². The van der Waals surface area contributed by atoms with Crippen LogP contribution >= 0.6 is 0 Å². The van der Waals surface area contributed by atoms with E-state index in [0.717, 1.165) is 25.3 Å². The Kier molecular flexibility index (Phi) is 5.84. The molecule has 0 atom stereocenters. The van der Waals surface area contributed by atoms with Crippen molar-refractivity contribution in [2.45, 2.75) is 19.4 Å². The average Bonchev–Trinajstić information content (AvgIpc) is 3.19. The van der Waals surface area contributed by atoms with Crippen molar-refractivity contribution in [2.24, 2.45) is 0 Å². The molecule has 1 N–H and O–H groups in total. The summed E-state index contributed by atoms with van der Waals surface area (Å²) in [4.78, 5) is 33.1. The van der Waals surface area contributed by atoms with Crippen LogP contribution in [-0.2, 0) is 6.54 Å². The first-order chi connectivity index (χ1) is 12.2. The fourth-order valence-corrected chi connectivity index (χ4v) is 2.74. The standard InChI is InChI=1S/C17H23N7O/c1-23(8-9-24-6-2-3-7-24)16(25)14-10-20-17(21-11-14)22-13-15-12-18-4-5-19-15/h4-5,10-12H,2-3,6-9,13H2,1H3,(H,20,21,22). The number of rotatable bonds is 7. The van der Waals surface area contributed by atoms with Gasteiger partial charge in [-0.15, -0.1) is 0 Å². The highest BCUT2D eigenvalue weighted by molar-refractivity contribution is 5.93. The lowest BCUT2D eigenvalue weighted by Crippen LogP contribution is -2.35. The van der Waals surface area contributed by atoms with Gasteiger partial charge in [-0.3, -0.25) is 14.8 Å². The number of aromatic nitrogens is 4. The van der Waals surface area contributed by atoms with Gasteiger partial charge in [0.1, 0.15) is 0 Å². The fourth-order valence-electron chi connectivity index (χ4n) is 2.74. The van der Waals surface area contributed by atoms with Crippen molar-refractivity contribution in [1.29, 1.82) is 0 Å². The van der Waals surface area contributed by atoms with Crippen LogP contribution in [0.25, 0.3) is 0 Å². The SMILES string of the molecule is CN(CCN1CCCC1)C(=O)c1cnc(NCc2cnccn2)nc1. The van der Waals surface area contributed by atoms with Gasteiger partial charge >= 0.3 is 0 Å².